The molecule has 0 saturated carbocycles. The molecule has 3 aromatic carbocycles. The second-order valence-electron chi connectivity index (χ2n) is 6.48. The van der Waals surface area contributed by atoms with Gasteiger partial charge in [0.1, 0.15) is 0 Å². The molecule has 0 atom stereocenters. The quantitative estimate of drug-likeness (QED) is 0.427. The number of benzene rings is 3. The molecule has 5 heteroatoms. The van der Waals surface area contributed by atoms with Gasteiger partial charge in [-0.15, -0.1) is 0 Å². The predicted octanol–water partition coefficient (Wildman–Crippen LogP) is 5.69. The molecule has 0 saturated heterocycles. The van der Waals surface area contributed by atoms with Crippen LogP contribution in [0, 0.1) is 0 Å². The highest BCUT2D eigenvalue weighted by Gasteiger charge is 2.19. The molecule has 1 aliphatic rings. The molecule has 0 unspecified atom stereocenters. The predicted molar refractivity (Wildman–Crippen MR) is 105 cm³/mol. The Kier molecular flexibility index (Phi) is 3.40. The first-order chi connectivity index (χ1) is 13.2. The standard InChI is InChI=1S/C22H16N2O3/c1-13(25)23-16-8-6-14(7-9-16)17-10-15-11-21-22(12-18(15)24-17)27-20-5-3-2-4-19(20)26-21/h2-12,24H,1H3,(H,23,25). The molecule has 5 rings (SSSR count). The average molecular weight is 356 g/mol. The van der Waals surface area contributed by atoms with Gasteiger partial charge in [0.05, 0.1) is 0 Å². The molecule has 1 aromatic heterocycles. The zero-order valence-corrected chi connectivity index (χ0v) is 14.6. The first kappa shape index (κ1) is 15.5. The Balaban J connectivity index is 1.51. The van der Waals surface area contributed by atoms with Gasteiger partial charge < -0.3 is 19.8 Å². The summed E-state index contributed by atoms with van der Waals surface area (Å²) in [7, 11) is 0. The van der Waals surface area contributed by atoms with Crippen LogP contribution in [-0.4, -0.2) is 10.9 Å². The van der Waals surface area contributed by atoms with Crippen LogP contribution in [0.2, 0.25) is 0 Å². The minimum absolute atomic E-state index is 0.0834. The smallest absolute Gasteiger partial charge is 0.221 e. The second kappa shape index (κ2) is 5.92. The Hall–Kier alpha value is -3.73. The van der Waals surface area contributed by atoms with E-state index in [-0.39, 0.29) is 5.91 Å². The van der Waals surface area contributed by atoms with Crippen molar-refractivity contribution in [1.82, 2.24) is 4.98 Å². The fourth-order valence-corrected chi connectivity index (χ4v) is 3.25. The van der Waals surface area contributed by atoms with Crippen molar-refractivity contribution in [3.63, 3.8) is 0 Å². The van der Waals surface area contributed by atoms with E-state index in [4.69, 9.17) is 9.47 Å². The Labute approximate surface area is 155 Å². The van der Waals surface area contributed by atoms with Gasteiger partial charge in [-0.25, -0.2) is 0 Å². The summed E-state index contributed by atoms with van der Waals surface area (Å²) in [5.41, 5.74) is 3.76. The van der Waals surface area contributed by atoms with Gasteiger partial charge in [0.25, 0.3) is 0 Å². The summed E-state index contributed by atoms with van der Waals surface area (Å²) in [6.45, 7) is 1.50. The van der Waals surface area contributed by atoms with Crippen molar-refractivity contribution in [3.8, 4) is 34.3 Å². The normalized spacial score (nSPS) is 11.9. The average Bonchev–Trinajstić information content (AvgIpc) is 3.07. The van der Waals surface area contributed by atoms with Crippen molar-refractivity contribution >= 4 is 22.5 Å². The van der Waals surface area contributed by atoms with E-state index >= 15 is 0 Å². The lowest BCUT2D eigenvalue weighted by Gasteiger charge is -2.20. The fraction of sp³-hybridized carbons (Fsp3) is 0.0455. The zero-order chi connectivity index (χ0) is 18.4. The van der Waals surface area contributed by atoms with Crippen LogP contribution in [0.4, 0.5) is 5.69 Å². The number of carbonyl (C=O) groups excluding carboxylic acids is 1. The number of hydrogen-bond donors (Lipinski definition) is 2. The van der Waals surface area contributed by atoms with Crippen molar-refractivity contribution < 1.29 is 14.3 Å². The van der Waals surface area contributed by atoms with Gasteiger partial charge in [-0.3, -0.25) is 4.79 Å². The number of H-pyrrole nitrogens is 1. The van der Waals surface area contributed by atoms with Crippen molar-refractivity contribution in [3.05, 3.63) is 66.7 Å². The molecular formula is C22H16N2O3. The second-order valence-corrected chi connectivity index (χ2v) is 6.48. The molecule has 0 bridgehead atoms. The first-order valence-electron chi connectivity index (χ1n) is 8.65. The molecule has 1 amide bonds. The monoisotopic (exact) mass is 356 g/mol. The number of anilines is 1. The van der Waals surface area contributed by atoms with Crippen LogP contribution in [0.15, 0.2) is 66.7 Å². The van der Waals surface area contributed by atoms with Crippen LogP contribution < -0.4 is 14.8 Å². The summed E-state index contributed by atoms with van der Waals surface area (Å²) in [6.07, 6.45) is 0. The third kappa shape index (κ3) is 2.79. The van der Waals surface area contributed by atoms with Gasteiger partial charge in [0.2, 0.25) is 5.91 Å². The van der Waals surface area contributed by atoms with Crippen LogP contribution in [0.25, 0.3) is 22.2 Å². The van der Waals surface area contributed by atoms with Gasteiger partial charge in [0, 0.05) is 35.3 Å². The molecule has 0 radical (unpaired) electrons. The van der Waals surface area contributed by atoms with Crippen LogP contribution >= 0.6 is 0 Å². The largest absolute Gasteiger partial charge is 0.449 e. The molecule has 0 fully saturated rings. The zero-order valence-electron chi connectivity index (χ0n) is 14.6. The van der Waals surface area contributed by atoms with E-state index in [9.17, 15) is 4.79 Å². The highest BCUT2D eigenvalue weighted by Crippen LogP contribution is 2.46. The summed E-state index contributed by atoms with van der Waals surface area (Å²) in [5.74, 6) is 2.74. The number of hydrogen-bond acceptors (Lipinski definition) is 3. The van der Waals surface area contributed by atoms with Crippen molar-refractivity contribution in [2.24, 2.45) is 0 Å². The van der Waals surface area contributed by atoms with Crippen LogP contribution in [0.1, 0.15) is 6.92 Å². The van der Waals surface area contributed by atoms with E-state index in [1.165, 1.54) is 6.92 Å². The molecule has 5 nitrogen and oxygen atoms in total. The first-order valence-corrected chi connectivity index (χ1v) is 8.65. The number of aromatic nitrogens is 1. The Morgan fingerprint density at radius 3 is 2.19 bits per heavy atom. The maximum atomic E-state index is 11.2. The Morgan fingerprint density at radius 1 is 0.852 bits per heavy atom. The molecule has 2 N–H and O–H groups in total. The highest BCUT2D eigenvalue weighted by molar-refractivity contribution is 5.91. The van der Waals surface area contributed by atoms with Crippen LogP contribution in [0.5, 0.6) is 23.0 Å². The number of aromatic amines is 1. The summed E-state index contributed by atoms with van der Waals surface area (Å²) in [4.78, 5) is 14.6. The maximum Gasteiger partial charge on any atom is 0.221 e. The lowest BCUT2D eigenvalue weighted by Crippen LogP contribution is -2.05. The molecular weight excluding hydrogens is 340 g/mol. The molecule has 2 heterocycles. The number of nitrogens with one attached hydrogen (secondary N) is 2. The van der Waals surface area contributed by atoms with E-state index in [0.717, 1.165) is 27.8 Å². The van der Waals surface area contributed by atoms with Crippen LogP contribution in [0.3, 0.4) is 0 Å². The van der Waals surface area contributed by atoms with E-state index < -0.39 is 0 Å². The van der Waals surface area contributed by atoms with Gasteiger partial charge in [0.15, 0.2) is 23.0 Å². The van der Waals surface area contributed by atoms with E-state index in [0.29, 0.717) is 23.0 Å². The molecule has 4 aromatic rings. The molecule has 27 heavy (non-hydrogen) atoms. The number of carbonyl (C=O) groups is 1. The third-order valence-electron chi connectivity index (χ3n) is 4.49. The summed E-state index contributed by atoms with van der Waals surface area (Å²) < 4.78 is 11.9. The molecule has 132 valence electrons. The Bertz CT molecular complexity index is 1110. The summed E-state index contributed by atoms with van der Waals surface area (Å²) in [6, 6.07) is 21.3. The molecule has 0 aliphatic carbocycles. The lowest BCUT2D eigenvalue weighted by atomic mass is 10.1. The fourth-order valence-electron chi connectivity index (χ4n) is 3.25. The highest BCUT2D eigenvalue weighted by atomic mass is 16.6. The lowest BCUT2D eigenvalue weighted by molar-refractivity contribution is -0.114. The van der Waals surface area contributed by atoms with E-state index in [2.05, 4.69) is 16.4 Å². The van der Waals surface area contributed by atoms with E-state index in [1.807, 2.05) is 60.7 Å². The summed E-state index contributed by atoms with van der Waals surface area (Å²) in [5, 5.41) is 3.81. The van der Waals surface area contributed by atoms with Gasteiger partial charge in [-0.1, -0.05) is 24.3 Å². The topological polar surface area (TPSA) is 63.4 Å². The van der Waals surface area contributed by atoms with E-state index in [1.54, 1.807) is 0 Å². The van der Waals surface area contributed by atoms with Crippen molar-refractivity contribution in [2.45, 2.75) is 6.92 Å². The molecule has 0 spiro atoms. The number of amides is 1. The van der Waals surface area contributed by atoms with Crippen molar-refractivity contribution in [1.29, 1.82) is 0 Å². The number of fused-ring (bicyclic) bond motifs is 3. The molecule has 1 aliphatic heterocycles. The SMILES string of the molecule is CC(=O)Nc1ccc(-c2cc3cc4c(cc3[nH]2)Oc2ccccc2O4)cc1. The van der Waals surface area contributed by atoms with Gasteiger partial charge in [-0.2, -0.15) is 0 Å². The minimum Gasteiger partial charge on any atom is -0.449 e. The van der Waals surface area contributed by atoms with Gasteiger partial charge >= 0.3 is 0 Å². The maximum absolute atomic E-state index is 11.2. The van der Waals surface area contributed by atoms with Crippen molar-refractivity contribution in [2.75, 3.05) is 5.32 Å². The summed E-state index contributed by atoms with van der Waals surface area (Å²) >= 11 is 0. The minimum atomic E-state index is -0.0834. The Morgan fingerprint density at radius 2 is 1.52 bits per heavy atom. The van der Waals surface area contributed by atoms with Gasteiger partial charge in [-0.05, 0) is 42.0 Å². The van der Waals surface area contributed by atoms with Crippen LogP contribution in [-0.2, 0) is 4.79 Å². The third-order valence-corrected chi connectivity index (χ3v) is 4.49. The number of para-hydroxylation sites is 2. The number of rotatable bonds is 2. The number of ether oxygens (including phenoxy) is 2.